The number of nitrogens with one attached hydrogen (secondary N) is 1. The number of rotatable bonds is 8. The highest BCUT2D eigenvalue weighted by atomic mass is 32.1. The van der Waals surface area contributed by atoms with E-state index in [0.717, 1.165) is 6.42 Å². The van der Waals surface area contributed by atoms with Crippen molar-refractivity contribution in [1.29, 1.82) is 0 Å². The first kappa shape index (κ1) is 16.5. The van der Waals surface area contributed by atoms with Crippen molar-refractivity contribution < 1.29 is 14.7 Å². The second-order valence-electron chi connectivity index (χ2n) is 4.70. The summed E-state index contributed by atoms with van der Waals surface area (Å²) < 4.78 is 0. The molecule has 1 aromatic heterocycles. The van der Waals surface area contributed by atoms with Gasteiger partial charge in [-0.25, -0.2) is 4.79 Å². The van der Waals surface area contributed by atoms with Gasteiger partial charge in [0.1, 0.15) is 0 Å². The van der Waals surface area contributed by atoms with Crippen LogP contribution < -0.4 is 5.32 Å². The van der Waals surface area contributed by atoms with Gasteiger partial charge in [-0.1, -0.05) is 0 Å². The summed E-state index contributed by atoms with van der Waals surface area (Å²) in [6.45, 7) is 5.00. The summed E-state index contributed by atoms with van der Waals surface area (Å²) >= 11 is 1.65. The highest BCUT2D eigenvalue weighted by Gasteiger charge is 2.18. The summed E-state index contributed by atoms with van der Waals surface area (Å²) in [5, 5.41) is 15.4. The molecule has 0 radical (unpaired) electrons. The number of urea groups is 1. The Bertz CT molecular complexity index is 420. The van der Waals surface area contributed by atoms with Crippen LogP contribution in [0.25, 0.3) is 0 Å². The van der Waals surface area contributed by atoms with Crippen molar-refractivity contribution in [2.75, 3.05) is 13.1 Å². The molecule has 0 aliphatic carbocycles. The summed E-state index contributed by atoms with van der Waals surface area (Å²) in [5.41, 5.74) is 1.24. The van der Waals surface area contributed by atoms with E-state index in [0.29, 0.717) is 19.5 Å². The number of carboxylic acids is 1. The van der Waals surface area contributed by atoms with Crippen molar-refractivity contribution >= 4 is 23.3 Å². The van der Waals surface area contributed by atoms with Crippen LogP contribution in [0, 0.1) is 0 Å². The molecule has 0 aliphatic heterocycles. The molecule has 1 rings (SSSR count). The fourth-order valence-corrected chi connectivity index (χ4v) is 2.73. The summed E-state index contributed by atoms with van der Waals surface area (Å²) in [7, 11) is 0. The lowest BCUT2D eigenvalue weighted by Gasteiger charge is -2.28. The Morgan fingerprint density at radius 1 is 1.50 bits per heavy atom. The molecule has 1 atom stereocenters. The van der Waals surface area contributed by atoms with Crippen molar-refractivity contribution in [2.24, 2.45) is 0 Å². The molecule has 6 heteroatoms. The number of thiophene rings is 1. The lowest BCUT2D eigenvalue weighted by molar-refractivity contribution is -0.137. The molecule has 2 amide bonds. The zero-order valence-electron chi connectivity index (χ0n) is 12.0. The van der Waals surface area contributed by atoms with Gasteiger partial charge in [-0.2, -0.15) is 11.3 Å². The first-order valence-corrected chi connectivity index (χ1v) is 7.76. The standard InChI is InChI=1S/C14H22N2O3S/c1-3-16(11(2)9-12-6-8-20-10-12)14(19)15-7-4-5-13(17)18/h6,8,10-11H,3-5,7,9H2,1-2H3,(H,15,19)(H,17,18). The Labute approximate surface area is 123 Å². The largest absolute Gasteiger partial charge is 0.481 e. The van der Waals surface area contributed by atoms with E-state index < -0.39 is 5.97 Å². The van der Waals surface area contributed by atoms with Crippen LogP contribution in [0.5, 0.6) is 0 Å². The molecule has 0 saturated carbocycles. The van der Waals surface area contributed by atoms with Gasteiger partial charge in [-0.3, -0.25) is 4.79 Å². The van der Waals surface area contributed by atoms with Gasteiger partial charge in [-0.05, 0) is 49.1 Å². The number of amides is 2. The lowest BCUT2D eigenvalue weighted by atomic mass is 10.1. The number of likely N-dealkylation sites (N-methyl/N-ethyl adjacent to an activating group) is 1. The van der Waals surface area contributed by atoms with Crippen molar-refractivity contribution in [2.45, 2.75) is 39.2 Å². The van der Waals surface area contributed by atoms with Crippen molar-refractivity contribution in [1.82, 2.24) is 10.2 Å². The van der Waals surface area contributed by atoms with E-state index in [9.17, 15) is 9.59 Å². The van der Waals surface area contributed by atoms with E-state index in [1.54, 1.807) is 16.2 Å². The van der Waals surface area contributed by atoms with Gasteiger partial charge in [0.25, 0.3) is 0 Å². The number of carboxylic acid groups (broad SMARTS) is 1. The summed E-state index contributed by atoms with van der Waals surface area (Å²) in [4.78, 5) is 24.2. The Kier molecular flexibility index (Phi) is 7.08. The number of nitrogens with zero attached hydrogens (tertiary/aromatic N) is 1. The normalized spacial score (nSPS) is 11.9. The molecule has 1 unspecified atom stereocenters. The maximum Gasteiger partial charge on any atom is 0.317 e. The number of hydrogen-bond donors (Lipinski definition) is 2. The predicted molar refractivity (Wildman–Crippen MR) is 80.1 cm³/mol. The van der Waals surface area contributed by atoms with Gasteiger partial charge in [0, 0.05) is 25.6 Å². The van der Waals surface area contributed by atoms with Gasteiger partial charge in [0.2, 0.25) is 0 Å². The van der Waals surface area contributed by atoms with Crippen molar-refractivity contribution in [3.63, 3.8) is 0 Å². The molecule has 2 N–H and O–H groups in total. The zero-order chi connectivity index (χ0) is 15.0. The van der Waals surface area contributed by atoms with Crippen LogP contribution in [-0.2, 0) is 11.2 Å². The third-order valence-corrected chi connectivity index (χ3v) is 3.82. The summed E-state index contributed by atoms with van der Waals surface area (Å²) in [5.74, 6) is -0.836. The monoisotopic (exact) mass is 298 g/mol. The van der Waals surface area contributed by atoms with Gasteiger partial charge in [0.15, 0.2) is 0 Å². The summed E-state index contributed by atoms with van der Waals surface area (Å²) in [6, 6.07) is 2.06. The molecule has 0 aromatic carbocycles. The number of carbonyl (C=O) groups is 2. The Morgan fingerprint density at radius 2 is 2.25 bits per heavy atom. The van der Waals surface area contributed by atoms with Gasteiger partial charge >= 0.3 is 12.0 Å². The topological polar surface area (TPSA) is 69.6 Å². The average molecular weight is 298 g/mol. The number of carbonyl (C=O) groups excluding carboxylic acids is 1. The minimum atomic E-state index is -0.836. The third-order valence-electron chi connectivity index (χ3n) is 3.09. The zero-order valence-corrected chi connectivity index (χ0v) is 12.8. The second-order valence-corrected chi connectivity index (χ2v) is 5.48. The molecular formula is C14H22N2O3S. The van der Waals surface area contributed by atoms with Crippen LogP contribution in [-0.4, -0.2) is 41.1 Å². The van der Waals surface area contributed by atoms with Crippen LogP contribution >= 0.6 is 11.3 Å². The molecular weight excluding hydrogens is 276 g/mol. The van der Waals surface area contributed by atoms with E-state index in [4.69, 9.17) is 5.11 Å². The average Bonchev–Trinajstić information content (AvgIpc) is 2.88. The Hall–Kier alpha value is -1.56. The minimum Gasteiger partial charge on any atom is -0.481 e. The van der Waals surface area contributed by atoms with E-state index in [-0.39, 0.29) is 18.5 Å². The van der Waals surface area contributed by atoms with Crippen molar-refractivity contribution in [3.8, 4) is 0 Å². The van der Waals surface area contributed by atoms with Crippen LogP contribution in [0.2, 0.25) is 0 Å². The molecule has 0 bridgehead atoms. The molecule has 20 heavy (non-hydrogen) atoms. The van der Waals surface area contributed by atoms with Crippen LogP contribution in [0.4, 0.5) is 4.79 Å². The molecule has 1 heterocycles. The number of aliphatic carboxylic acids is 1. The smallest absolute Gasteiger partial charge is 0.317 e. The molecule has 0 saturated heterocycles. The minimum absolute atomic E-state index is 0.0802. The molecule has 112 valence electrons. The van der Waals surface area contributed by atoms with Crippen molar-refractivity contribution in [3.05, 3.63) is 22.4 Å². The first-order valence-electron chi connectivity index (χ1n) is 6.82. The van der Waals surface area contributed by atoms with E-state index in [1.165, 1.54) is 5.56 Å². The molecule has 0 fully saturated rings. The van der Waals surface area contributed by atoms with Crippen LogP contribution in [0.3, 0.4) is 0 Å². The highest BCUT2D eigenvalue weighted by molar-refractivity contribution is 7.07. The molecule has 0 aliphatic rings. The number of hydrogen-bond acceptors (Lipinski definition) is 3. The fourth-order valence-electron chi connectivity index (χ4n) is 2.05. The molecule has 0 spiro atoms. The highest BCUT2D eigenvalue weighted by Crippen LogP contribution is 2.12. The fraction of sp³-hybridized carbons (Fsp3) is 0.571. The molecule has 5 nitrogen and oxygen atoms in total. The quantitative estimate of drug-likeness (QED) is 0.725. The van der Waals surface area contributed by atoms with E-state index >= 15 is 0 Å². The molecule has 1 aromatic rings. The SMILES string of the molecule is CCN(C(=O)NCCCC(=O)O)C(C)Cc1ccsc1. The van der Waals surface area contributed by atoms with Crippen LogP contribution in [0.1, 0.15) is 32.3 Å². The van der Waals surface area contributed by atoms with Crippen LogP contribution in [0.15, 0.2) is 16.8 Å². The third kappa shape index (κ3) is 5.61. The maximum absolute atomic E-state index is 12.1. The Balaban J connectivity index is 2.39. The van der Waals surface area contributed by atoms with Gasteiger partial charge < -0.3 is 15.3 Å². The first-order chi connectivity index (χ1) is 9.54. The Morgan fingerprint density at radius 3 is 2.80 bits per heavy atom. The van der Waals surface area contributed by atoms with Gasteiger partial charge in [-0.15, -0.1) is 0 Å². The second kappa shape index (κ2) is 8.58. The maximum atomic E-state index is 12.1. The summed E-state index contributed by atoms with van der Waals surface area (Å²) in [6.07, 6.45) is 1.37. The predicted octanol–water partition coefficient (Wildman–Crippen LogP) is 2.58. The van der Waals surface area contributed by atoms with E-state index in [1.807, 2.05) is 19.2 Å². The van der Waals surface area contributed by atoms with E-state index in [2.05, 4.69) is 16.8 Å². The van der Waals surface area contributed by atoms with Gasteiger partial charge in [0.05, 0.1) is 0 Å². The lowest BCUT2D eigenvalue weighted by Crippen LogP contribution is -2.46.